The number of carbonyl (C=O) groups is 1. The van der Waals surface area contributed by atoms with Gasteiger partial charge in [-0.25, -0.2) is 0 Å². The maximum atomic E-state index is 10.9. The van der Waals surface area contributed by atoms with Crippen LogP contribution in [-0.2, 0) is 0 Å². The third kappa shape index (κ3) is 1.81. The number of ketones is 1. The average molecular weight is 297 g/mol. The summed E-state index contributed by atoms with van der Waals surface area (Å²) in [7, 11) is 0. The molecule has 1 aromatic heterocycles. The monoisotopic (exact) mass is 297 g/mol. The molecule has 0 unspecified atom stereocenters. The summed E-state index contributed by atoms with van der Waals surface area (Å²) in [5.74, 6) is -0.135. The van der Waals surface area contributed by atoms with E-state index in [9.17, 15) is 14.9 Å². The quantitative estimate of drug-likeness (QED) is 0.364. The summed E-state index contributed by atoms with van der Waals surface area (Å²) in [5.41, 5.74) is 0.437. The molecule has 1 rings (SSSR count). The maximum Gasteiger partial charge on any atom is 0.325 e. The van der Waals surface area contributed by atoms with Crippen molar-refractivity contribution in [2.45, 2.75) is 6.92 Å². The van der Waals surface area contributed by atoms with E-state index in [1.54, 1.807) is 0 Å². The molecule has 0 fully saturated rings. The van der Waals surface area contributed by atoms with Crippen LogP contribution < -0.4 is 0 Å². The van der Waals surface area contributed by atoms with Gasteiger partial charge in [0.1, 0.15) is 0 Å². The van der Waals surface area contributed by atoms with E-state index in [1.165, 1.54) is 13.0 Å². The van der Waals surface area contributed by atoms with E-state index >= 15 is 0 Å². The van der Waals surface area contributed by atoms with Gasteiger partial charge in [0, 0.05) is 11.6 Å². The van der Waals surface area contributed by atoms with Crippen LogP contribution in [0.25, 0.3) is 0 Å². The molecule has 4 nitrogen and oxygen atoms in total. The molecule has 1 aromatic rings. The SMILES string of the molecule is CC(=O)c1cc([N+](=O)[O-])sc1I. The third-order valence-electron chi connectivity index (χ3n) is 1.23. The highest BCUT2D eigenvalue weighted by atomic mass is 127. The minimum absolute atomic E-state index is 0.0181. The zero-order valence-electron chi connectivity index (χ0n) is 6.04. The van der Waals surface area contributed by atoms with Gasteiger partial charge in [0.05, 0.1) is 7.81 Å². The van der Waals surface area contributed by atoms with Gasteiger partial charge in [0.25, 0.3) is 0 Å². The van der Waals surface area contributed by atoms with E-state index in [1.807, 2.05) is 22.6 Å². The lowest BCUT2D eigenvalue weighted by atomic mass is 10.2. The largest absolute Gasteiger partial charge is 0.325 e. The lowest BCUT2D eigenvalue weighted by Gasteiger charge is -1.85. The lowest BCUT2D eigenvalue weighted by molar-refractivity contribution is -0.380. The molecule has 1 heterocycles. The van der Waals surface area contributed by atoms with Gasteiger partial charge in [0.2, 0.25) is 0 Å². The first-order valence-corrected chi connectivity index (χ1v) is 4.86. The molecule has 0 radical (unpaired) electrons. The van der Waals surface area contributed by atoms with E-state index in [-0.39, 0.29) is 10.8 Å². The van der Waals surface area contributed by atoms with Crippen molar-refractivity contribution in [2.75, 3.05) is 0 Å². The Bertz CT molecular complexity index is 347. The molecular weight excluding hydrogens is 293 g/mol. The van der Waals surface area contributed by atoms with Crippen LogP contribution in [0.3, 0.4) is 0 Å². The van der Waals surface area contributed by atoms with Crippen LogP contribution in [0.1, 0.15) is 17.3 Å². The van der Waals surface area contributed by atoms with Crippen molar-refractivity contribution in [1.82, 2.24) is 0 Å². The second-order valence-electron chi connectivity index (χ2n) is 2.09. The third-order valence-corrected chi connectivity index (χ3v) is 3.35. The maximum absolute atomic E-state index is 10.9. The van der Waals surface area contributed by atoms with E-state index in [0.29, 0.717) is 8.45 Å². The number of thiophene rings is 1. The molecule has 0 atom stereocenters. The minimum Gasteiger partial charge on any atom is -0.294 e. The predicted octanol–water partition coefficient (Wildman–Crippen LogP) is 2.46. The molecule has 0 spiro atoms. The fourth-order valence-corrected chi connectivity index (χ4v) is 2.65. The fraction of sp³-hybridized carbons (Fsp3) is 0.167. The van der Waals surface area contributed by atoms with Gasteiger partial charge in [-0.1, -0.05) is 11.3 Å². The van der Waals surface area contributed by atoms with E-state index in [4.69, 9.17) is 0 Å². The standard InChI is InChI=1S/C6H4INO3S/c1-3(9)4-2-5(8(10)11)12-6(4)7/h2H,1H3. The Balaban J connectivity index is 3.17. The smallest absolute Gasteiger partial charge is 0.294 e. The Kier molecular flexibility index (Phi) is 2.78. The highest BCUT2D eigenvalue weighted by molar-refractivity contribution is 14.1. The second-order valence-corrected chi connectivity index (χ2v) is 4.93. The number of Topliss-reactive ketones (excluding diaryl/α,β-unsaturated/α-hetero) is 1. The summed E-state index contributed by atoms with van der Waals surface area (Å²) < 4.78 is 0.673. The van der Waals surface area contributed by atoms with Gasteiger partial charge in [-0.05, 0) is 29.5 Å². The Hall–Kier alpha value is -0.500. The van der Waals surface area contributed by atoms with Gasteiger partial charge >= 0.3 is 5.00 Å². The van der Waals surface area contributed by atoms with Crippen LogP contribution in [0.5, 0.6) is 0 Å². The molecule has 0 saturated heterocycles. The van der Waals surface area contributed by atoms with Crippen LogP contribution in [0, 0.1) is 13.0 Å². The number of hydrogen-bond donors (Lipinski definition) is 0. The van der Waals surface area contributed by atoms with E-state index in [0.717, 1.165) is 11.3 Å². The van der Waals surface area contributed by atoms with Crippen LogP contribution in [0.15, 0.2) is 6.07 Å². The van der Waals surface area contributed by atoms with Crippen LogP contribution >= 0.6 is 33.9 Å². The molecule has 0 bridgehead atoms. The van der Waals surface area contributed by atoms with E-state index < -0.39 is 4.92 Å². The van der Waals surface area contributed by atoms with Crippen molar-refractivity contribution < 1.29 is 9.72 Å². The molecular formula is C6H4INO3S. The van der Waals surface area contributed by atoms with Crippen molar-refractivity contribution in [1.29, 1.82) is 0 Å². The molecule has 0 aliphatic rings. The van der Waals surface area contributed by atoms with Crippen molar-refractivity contribution in [3.63, 3.8) is 0 Å². The molecule has 0 N–H and O–H groups in total. The number of nitro groups is 1. The number of rotatable bonds is 2. The molecule has 64 valence electrons. The van der Waals surface area contributed by atoms with Crippen molar-refractivity contribution in [3.05, 3.63) is 24.6 Å². The Morgan fingerprint density at radius 1 is 1.75 bits per heavy atom. The lowest BCUT2D eigenvalue weighted by Crippen LogP contribution is -1.90. The Morgan fingerprint density at radius 2 is 2.33 bits per heavy atom. The molecule has 6 heteroatoms. The summed E-state index contributed by atoms with van der Waals surface area (Å²) in [5, 5.41) is 10.3. The van der Waals surface area contributed by atoms with Crippen molar-refractivity contribution in [3.8, 4) is 0 Å². The van der Waals surface area contributed by atoms with Crippen molar-refractivity contribution in [2.24, 2.45) is 0 Å². The molecule has 0 amide bonds. The second kappa shape index (κ2) is 3.48. The van der Waals surface area contributed by atoms with Crippen LogP contribution in [0.2, 0.25) is 0 Å². The Labute approximate surface area is 85.9 Å². The Morgan fingerprint density at radius 3 is 2.58 bits per heavy atom. The summed E-state index contributed by atoms with van der Waals surface area (Å²) >= 11 is 2.94. The van der Waals surface area contributed by atoms with Gasteiger partial charge < -0.3 is 0 Å². The number of nitrogens with zero attached hydrogens (tertiary/aromatic N) is 1. The number of carbonyl (C=O) groups excluding carboxylic acids is 1. The number of hydrogen-bond acceptors (Lipinski definition) is 4. The van der Waals surface area contributed by atoms with Gasteiger partial charge in [-0.3, -0.25) is 14.9 Å². The molecule has 0 saturated carbocycles. The molecule has 12 heavy (non-hydrogen) atoms. The molecule has 0 aliphatic heterocycles. The highest BCUT2D eigenvalue weighted by Gasteiger charge is 2.17. The molecule has 0 aliphatic carbocycles. The fourth-order valence-electron chi connectivity index (χ4n) is 0.686. The summed E-state index contributed by atoms with van der Waals surface area (Å²) in [4.78, 5) is 20.7. The van der Waals surface area contributed by atoms with Crippen LogP contribution in [-0.4, -0.2) is 10.7 Å². The number of halogens is 1. The zero-order chi connectivity index (χ0) is 9.30. The van der Waals surface area contributed by atoms with Gasteiger partial charge in [-0.2, -0.15) is 0 Å². The zero-order valence-corrected chi connectivity index (χ0v) is 9.01. The topological polar surface area (TPSA) is 60.2 Å². The summed E-state index contributed by atoms with van der Waals surface area (Å²) in [6, 6.07) is 1.31. The first-order chi connectivity index (χ1) is 5.52. The van der Waals surface area contributed by atoms with Crippen molar-refractivity contribution >= 4 is 44.7 Å². The van der Waals surface area contributed by atoms with E-state index in [2.05, 4.69) is 0 Å². The average Bonchev–Trinajstić information content (AvgIpc) is 2.30. The summed E-state index contributed by atoms with van der Waals surface area (Å²) in [6.07, 6.45) is 0. The summed E-state index contributed by atoms with van der Waals surface area (Å²) in [6.45, 7) is 1.40. The minimum atomic E-state index is -0.487. The first-order valence-electron chi connectivity index (χ1n) is 2.97. The van der Waals surface area contributed by atoms with Crippen LogP contribution in [0.4, 0.5) is 5.00 Å². The molecule has 0 aromatic carbocycles. The van der Waals surface area contributed by atoms with Gasteiger partial charge in [-0.15, -0.1) is 0 Å². The highest BCUT2D eigenvalue weighted by Crippen LogP contribution is 2.30. The predicted molar refractivity (Wildman–Crippen MR) is 53.7 cm³/mol. The van der Waals surface area contributed by atoms with Gasteiger partial charge in [0.15, 0.2) is 5.78 Å². The normalized spacial score (nSPS) is 9.83. The first kappa shape index (κ1) is 9.59.